The number of carbonyl (C=O) groups is 1. The van der Waals surface area contributed by atoms with Gasteiger partial charge in [0.15, 0.2) is 0 Å². The Labute approximate surface area is 87.2 Å². The lowest BCUT2D eigenvalue weighted by Crippen LogP contribution is -2.20. The normalized spacial score (nSPS) is 10.3. The van der Waals surface area contributed by atoms with Crippen LogP contribution in [-0.2, 0) is 9.47 Å². The molecule has 5 nitrogen and oxygen atoms in total. The van der Waals surface area contributed by atoms with Gasteiger partial charge in [-0.1, -0.05) is 6.07 Å². The van der Waals surface area contributed by atoms with Crippen molar-refractivity contribution in [3.05, 3.63) is 29.8 Å². The van der Waals surface area contributed by atoms with E-state index in [1.165, 1.54) is 26.4 Å². The van der Waals surface area contributed by atoms with Gasteiger partial charge in [0.2, 0.25) is 0 Å². The van der Waals surface area contributed by atoms with Crippen LogP contribution in [0.2, 0.25) is 0 Å². The highest BCUT2D eigenvalue weighted by atomic mass is 16.8. The van der Waals surface area contributed by atoms with E-state index in [2.05, 4.69) is 0 Å². The van der Waals surface area contributed by atoms with Crippen molar-refractivity contribution in [3.63, 3.8) is 0 Å². The number of hydrogen-bond acceptors (Lipinski definition) is 4. The third-order valence-electron chi connectivity index (χ3n) is 1.70. The predicted molar refractivity (Wildman–Crippen MR) is 51.8 cm³/mol. The van der Waals surface area contributed by atoms with Gasteiger partial charge in [-0.25, -0.2) is 4.79 Å². The first-order chi connectivity index (χ1) is 7.17. The van der Waals surface area contributed by atoms with Crippen LogP contribution in [0.1, 0.15) is 10.4 Å². The fraction of sp³-hybridized carbons (Fsp3) is 0.300. The first-order valence-corrected chi connectivity index (χ1v) is 4.23. The van der Waals surface area contributed by atoms with Gasteiger partial charge in [-0.15, -0.1) is 0 Å². The largest absolute Gasteiger partial charge is 0.478 e. The molecule has 0 unspecified atom stereocenters. The molecule has 0 saturated carbocycles. The molecular weight excluding hydrogens is 200 g/mol. The van der Waals surface area contributed by atoms with E-state index in [-0.39, 0.29) is 5.56 Å². The minimum Gasteiger partial charge on any atom is -0.478 e. The lowest BCUT2D eigenvalue weighted by atomic mass is 10.2. The number of methoxy groups -OCH3 is 2. The third-order valence-corrected chi connectivity index (χ3v) is 1.70. The van der Waals surface area contributed by atoms with Gasteiger partial charge in [0.05, 0.1) is 5.56 Å². The number of aromatic carboxylic acids is 1. The number of benzene rings is 1. The molecule has 1 aromatic carbocycles. The zero-order valence-corrected chi connectivity index (χ0v) is 8.47. The van der Waals surface area contributed by atoms with Crippen molar-refractivity contribution < 1.29 is 24.1 Å². The molecular formula is C10H12O5. The molecule has 0 atom stereocenters. The van der Waals surface area contributed by atoms with Gasteiger partial charge in [0, 0.05) is 14.2 Å². The summed E-state index contributed by atoms with van der Waals surface area (Å²) in [4.78, 5) is 10.7. The number of carboxylic acids is 1. The van der Waals surface area contributed by atoms with Crippen molar-refractivity contribution in [2.24, 2.45) is 0 Å². The molecule has 1 rings (SSSR count). The minimum absolute atomic E-state index is 0.151. The predicted octanol–water partition coefficient (Wildman–Crippen LogP) is 1.34. The standard InChI is InChI=1S/C10H12O5/c1-13-10(14-2)15-8-5-3-4-7(6-8)9(11)12/h3-6,10H,1-2H3,(H,11,12). The Morgan fingerprint density at radius 2 is 2.00 bits per heavy atom. The third kappa shape index (κ3) is 3.23. The molecule has 0 aliphatic carbocycles. The second-order valence-electron chi connectivity index (χ2n) is 2.71. The van der Waals surface area contributed by atoms with Crippen LogP contribution in [0.25, 0.3) is 0 Å². The van der Waals surface area contributed by atoms with Crippen LogP contribution in [0.4, 0.5) is 0 Å². The van der Waals surface area contributed by atoms with Crippen LogP contribution >= 0.6 is 0 Å². The average molecular weight is 212 g/mol. The number of ether oxygens (including phenoxy) is 3. The number of hydrogen-bond donors (Lipinski definition) is 1. The summed E-state index contributed by atoms with van der Waals surface area (Å²) in [5.74, 6) is -0.629. The Balaban J connectivity index is 2.77. The van der Waals surface area contributed by atoms with Crippen molar-refractivity contribution in [1.29, 1.82) is 0 Å². The Hall–Kier alpha value is -1.59. The summed E-state index contributed by atoms with van der Waals surface area (Å²) in [7, 11) is 2.85. The fourth-order valence-electron chi connectivity index (χ4n) is 1.01. The van der Waals surface area contributed by atoms with E-state index in [4.69, 9.17) is 19.3 Å². The summed E-state index contributed by atoms with van der Waals surface area (Å²) in [5.41, 5.74) is 0.151. The molecule has 82 valence electrons. The lowest BCUT2D eigenvalue weighted by molar-refractivity contribution is -0.219. The second-order valence-corrected chi connectivity index (χ2v) is 2.71. The van der Waals surface area contributed by atoms with Gasteiger partial charge in [0.25, 0.3) is 0 Å². The summed E-state index contributed by atoms with van der Waals surface area (Å²) in [6.45, 7) is -0.839. The van der Waals surface area contributed by atoms with Crippen molar-refractivity contribution in [2.45, 2.75) is 6.48 Å². The molecule has 0 saturated heterocycles. The zero-order valence-electron chi connectivity index (χ0n) is 8.47. The van der Waals surface area contributed by atoms with Gasteiger partial charge in [-0.05, 0) is 18.2 Å². The van der Waals surface area contributed by atoms with Crippen molar-refractivity contribution in [1.82, 2.24) is 0 Å². The van der Waals surface area contributed by atoms with Gasteiger partial charge in [0.1, 0.15) is 5.75 Å². The fourth-order valence-corrected chi connectivity index (χ4v) is 1.01. The van der Waals surface area contributed by atoms with Crippen LogP contribution in [0.5, 0.6) is 5.75 Å². The molecule has 15 heavy (non-hydrogen) atoms. The molecule has 0 aliphatic heterocycles. The highest BCUT2D eigenvalue weighted by molar-refractivity contribution is 5.87. The minimum atomic E-state index is -1.01. The maximum atomic E-state index is 10.7. The zero-order chi connectivity index (χ0) is 11.3. The quantitative estimate of drug-likeness (QED) is 0.746. The van der Waals surface area contributed by atoms with E-state index in [1.807, 2.05) is 0 Å². The van der Waals surface area contributed by atoms with E-state index in [0.29, 0.717) is 5.75 Å². The van der Waals surface area contributed by atoms with Crippen LogP contribution in [0.15, 0.2) is 24.3 Å². The molecule has 0 radical (unpaired) electrons. The van der Waals surface area contributed by atoms with Crippen molar-refractivity contribution in [2.75, 3.05) is 14.2 Å². The molecule has 0 aliphatic rings. The van der Waals surface area contributed by atoms with E-state index < -0.39 is 12.4 Å². The highest BCUT2D eigenvalue weighted by Gasteiger charge is 2.09. The van der Waals surface area contributed by atoms with Crippen LogP contribution in [-0.4, -0.2) is 31.8 Å². The van der Waals surface area contributed by atoms with Crippen LogP contribution < -0.4 is 4.74 Å². The Morgan fingerprint density at radius 1 is 1.33 bits per heavy atom. The summed E-state index contributed by atoms with van der Waals surface area (Å²) in [6, 6.07) is 6.08. The summed E-state index contributed by atoms with van der Waals surface area (Å²) >= 11 is 0. The molecule has 5 heteroatoms. The first kappa shape index (κ1) is 11.5. The molecule has 0 spiro atoms. The SMILES string of the molecule is COC(OC)Oc1cccc(C(=O)O)c1. The molecule has 1 N–H and O–H groups in total. The summed E-state index contributed by atoms with van der Waals surface area (Å²) < 4.78 is 14.8. The average Bonchev–Trinajstić information content (AvgIpc) is 2.26. The smallest absolute Gasteiger partial charge is 0.335 e. The van der Waals surface area contributed by atoms with Gasteiger partial charge >= 0.3 is 12.4 Å². The number of carboxylic acid groups (broad SMARTS) is 1. The molecule has 0 amide bonds. The lowest BCUT2D eigenvalue weighted by Gasteiger charge is -2.15. The molecule has 0 bridgehead atoms. The monoisotopic (exact) mass is 212 g/mol. The summed E-state index contributed by atoms with van der Waals surface area (Å²) in [6.07, 6.45) is 0. The van der Waals surface area contributed by atoms with Gasteiger partial charge in [-0.2, -0.15) is 0 Å². The Bertz CT molecular complexity index is 332. The van der Waals surface area contributed by atoms with Crippen molar-refractivity contribution in [3.8, 4) is 5.75 Å². The van der Waals surface area contributed by atoms with Gasteiger partial charge in [-0.3, -0.25) is 0 Å². The van der Waals surface area contributed by atoms with Crippen molar-refractivity contribution >= 4 is 5.97 Å². The molecule has 1 aromatic rings. The van der Waals surface area contributed by atoms with E-state index in [0.717, 1.165) is 0 Å². The molecule has 0 aromatic heterocycles. The topological polar surface area (TPSA) is 65.0 Å². The highest BCUT2D eigenvalue weighted by Crippen LogP contribution is 2.15. The van der Waals surface area contributed by atoms with Gasteiger partial charge < -0.3 is 19.3 Å². The van der Waals surface area contributed by atoms with Crippen LogP contribution in [0, 0.1) is 0 Å². The number of rotatable bonds is 5. The van der Waals surface area contributed by atoms with E-state index >= 15 is 0 Å². The summed E-state index contributed by atoms with van der Waals surface area (Å²) in [5, 5.41) is 8.74. The first-order valence-electron chi connectivity index (χ1n) is 4.23. The molecule has 0 fully saturated rings. The van der Waals surface area contributed by atoms with E-state index in [9.17, 15) is 4.79 Å². The maximum Gasteiger partial charge on any atom is 0.335 e. The maximum absolute atomic E-state index is 10.7. The Morgan fingerprint density at radius 3 is 2.53 bits per heavy atom. The van der Waals surface area contributed by atoms with Crippen LogP contribution in [0.3, 0.4) is 0 Å². The Kier molecular flexibility index (Phi) is 4.08. The second kappa shape index (κ2) is 5.33. The van der Waals surface area contributed by atoms with E-state index in [1.54, 1.807) is 12.1 Å². The molecule has 0 heterocycles.